The summed E-state index contributed by atoms with van der Waals surface area (Å²) in [7, 11) is 0. The number of hydrogen-bond acceptors (Lipinski definition) is 4. The van der Waals surface area contributed by atoms with Crippen LogP contribution in [0.2, 0.25) is 0 Å². The Morgan fingerprint density at radius 3 is 2.76 bits per heavy atom. The van der Waals surface area contributed by atoms with E-state index in [2.05, 4.69) is 19.1 Å². The molecule has 3 nitrogen and oxygen atoms in total. The first kappa shape index (κ1) is 14.2. The van der Waals surface area contributed by atoms with E-state index >= 15 is 0 Å². The predicted octanol–water partition coefficient (Wildman–Crippen LogP) is 3.04. The van der Waals surface area contributed by atoms with Gasteiger partial charge in [-0.15, -0.1) is 11.3 Å². The normalized spacial score (nSPS) is 14.4. The molecule has 4 heteroatoms. The molecule has 0 aromatic carbocycles. The number of rotatable bonds is 6. The van der Waals surface area contributed by atoms with E-state index in [1.165, 1.54) is 9.75 Å². The van der Waals surface area contributed by atoms with Crippen molar-refractivity contribution in [2.45, 2.75) is 39.7 Å². The molecule has 1 aromatic rings. The Hall–Kier alpha value is -0.870. The maximum absolute atomic E-state index is 11.3. The Balaban J connectivity index is 2.40. The minimum atomic E-state index is -0.130. The highest BCUT2D eigenvalue weighted by molar-refractivity contribution is 7.12. The maximum atomic E-state index is 11.3. The Labute approximate surface area is 107 Å². The summed E-state index contributed by atoms with van der Waals surface area (Å²) in [5.74, 6) is 0.126. The van der Waals surface area contributed by atoms with E-state index in [0.717, 1.165) is 6.42 Å². The van der Waals surface area contributed by atoms with Crippen molar-refractivity contribution in [3.63, 3.8) is 0 Å². The summed E-state index contributed by atoms with van der Waals surface area (Å²) in [6, 6.07) is 4.18. The van der Waals surface area contributed by atoms with Gasteiger partial charge in [0.2, 0.25) is 0 Å². The molecule has 0 spiro atoms. The van der Waals surface area contributed by atoms with Gasteiger partial charge < -0.3 is 10.5 Å². The molecular formula is C13H21NO2S. The fraction of sp³-hybridized carbons (Fsp3) is 0.615. The van der Waals surface area contributed by atoms with E-state index in [1.807, 2.05) is 13.8 Å². The number of nitrogens with two attached hydrogens (primary N) is 1. The van der Waals surface area contributed by atoms with Gasteiger partial charge in [-0.3, -0.25) is 4.79 Å². The van der Waals surface area contributed by atoms with E-state index in [4.69, 9.17) is 10.5 Å². The molecule has 0 aliphatic heterocycles. The molecule has 96 valence electrons. The monoisotopic (exact) mass is 255 g/mol. The average molecular weight is 255 g/mol. The molecule has 2 atom stereocenters. The van der Waals surface area contributed by atoms with Crippen molar-refractivity contribution in [3.05, 3.63) is 21.9 Å². The van der Waals surface area contributed by atoms with Crippen LogP contribution in [-0.4, -0.2) is 12.6 Å². The van der Waals surface area contributed by atoms with Gasteiger partial charge in [0, 0.05) is 22.2 Å². The van der Waals surface area contributed by atoms with Crippen LogP contribution < -0.4 is 5.73 Å². The summed E-state index contributed by atoms with van der Waals surface area (Å²) in [4.78, 5) is 13.8. The van der Waals surface area contributed by atoms with Crippen LogP contribution in [0.1, 0.15) is 42.5 Å². The van der Waals surface area contributed by atoms with Gasteiger partial charge in [0.15, 0.2) is 0 Å². The third kappa shape index (κ3) is 4.88. The molecule has 0 radical (unpaired) electrons. The van der Waals surface area contributed by atoms with E-state index in [-0.39, 0.29) is 17.9 Å². The molecule has 1 rings (SSSR count). The van der Waals surface area contributed by atoms with Crippen LogP contribution in [-0.2, 0) is 9.53 Å². The zero-order valence-electron chi connectivity index (χ0n) is 10.7. The molecule has 0 aliphatic rings. The quantitative estimate of drug-likeness (QED) is 0.795. The van der Waals surface area contributed by atoms with Crippen LogP contribution >= 0.6 is 11.3 Å². The first-order valence-corrected chi connectivity index (χ1v) is 6.82. The van der Waals surface area contributed by atoms with E-state index in [0.29, 0.717) is 13.0 Å². The van der Waals surface area contributed by atoms with Crippen LogP contribution in [0.15, 0.2) is 12.1 Å². The van der Waals surface area contributed by atoms with Gasteiger partial charge in [-0.2, -0.15) is 0 Å². The third-order valence-electron chi connectivity index (χ3n) is 2.60. The second-order valence-electron chi connectivity index (χ2n) is 4.40. The fourth-order valence-electron chi connectivity index (χ4n) is 1.79. The lowest BCUT2D eigenvalue weighted by Crippen LogP contribution is -2.16. The highest BCUT2D eigenvalue weighted by Crippen LogP contribution is 2.26. The molecule has 0 fully saturated rings. The molecule has 2 unspecified atom stereocenters. The van der Waals surface area contributed by atoms with Crippen molar-refractivity contribution < 1.29 is 9.53 Å². The van der Waals surface area contributed by atoms with Crippen LogP contribution in [0.5, 0.6) is 0 Å². The largest absolute Gasteiger partial charge is 0.466 e. The van der Waals surface area contributed by atoms with E-state index < -0.39 is 0 Å². The molecule has 17 heavy (non-hydrogen) atoms. The van der Waals surface area contributed by atoms with Gasteiger partial charge >= 0.3 is 5.97 Å². The summed E-state index contributed by atoms with van der Waals surface area (Å²) in [5.41, 5.74) is 6.12. The number of hydrogen-bond donors (Lipinski definition) is 1. The number of thiophene rings is 1. The van der Waals surface area contributed by atoms with Crippen molar-refractivity contribution in [1.82, 2.24) is 0 Å². The van der Waals surface area contributed by atoms with Gasteiger partial charge in [-0.05, 0) is 38.3 Å². The van der Waals surface area contributed by atoms with Crippen molar-refractivity contribution in [2.24, 2.45) is 11.7 Å². The molecule has 1 aromatic heterocycles. The Bertz CT molecular complexity index is 362. The molecule has 0 amide bonds. The summed E-state index contributed by atoms with van der Waals surface area (Å²) < 4.78 is 4.93. The predicted molar refractivity (Wildman–Crippen MR) is 71.0 cm³/mol. The molecule has 0 bridgehead atoms. The van der Waals surface area contributed by atoms with Crippen LogP contribution in [0, 0.1) is 12.8 Å². The van der Waals surface area contributed by atoms with Crippen LogP contribution in [0.25, 0.3) is 0 Å². The number of aryl methyl sites for hydroxylation is 1. The van der Waals surface area contributed by atoms with Crippen LogP contribution in [0.4, 0.5) is 0 Å². The molecular weight excluding hydrogens is 234 g/mol. The fourth-order valence-corrected chi connectivity index (χ4v) is 2.68. The molecule has 2 N–H and O–H groups in total. The number of ether oxygens (including phenoxy) is 1. The SMILES string of the molecule is CCOC(=O)CC(C)CC(N)c1ccc(C)s1. The summed E-state index contributed by atoms with van der Waals surface area (Å²) in [6.45, 7) is 6.38. The van der Waals surface area contributed by atoms with Gasteiger partial charge in [0.05, 0.1) is 6.61 Å². The second-order valence-corrected chi connectivity index (χ2v) is 5.72. The van der Waals surface area contributed by atoms with Crippen molar-refractivity contribution >= 4 is 17.3 Å². The minimum Gasteiger partial charge on any atom is -0.466 e. The highest BCUT2D eigenvalue weighted by Gasteiger charge is 2.16. The number of carbonyl (C=O) groups is 1. The Morgan fingerprint density at radius 2 is 2.24 bits per heavy atom. The van der Waals surface area contributed by atoms with Gasteiger partial charge in [-0.1, -0.05) is 6.92 Å². The van der Waals surface area contributed by atoms with Crippen molar-refractivity contribution in [2.75, 3.05) is 6.61 Å². The Morgan fingerprint density at radius 1 is 1.53 bits per heavy atom. The second kappa shape index (κ2) is 6.77. The molecule has 1 heterocycles. The lowest BCUT2D eigenvalue weighted by atomic mass is 9.98. The van der Waals surface area contributed by atoms with Gasteiger partial charge in [0.1, 0.15) is 0 Å². The molecule has 0 aliphatic carbocycles. The Kier molecular flexibility index (Phi) is 5.65. The topological polar surface area (TPSA) is 52.3 Å². The zero-order chi connectivity index (χ0) is 12.8. The summed E-state index contributed by atoms with van der Waals surface area (Å²) in [6.07, 6.45) is 1.27. The van der Waals surface area contributed by atoms with Crippen molar-refractivity contribution in [3.8, 4) is 0 Å². The first-order valence-electron chi connectivity index (χ1n) is 6.00. The smallest absolute Gasteiger partial charge is 0.306 e. The first-order chi connectivity index (χ1) is 8.02. The number of carbonyl (C=O) groups excluding carboxylic acids is 1. The number of esters is 1. The minimum absolute atomic E-state index is 0.0260. The van der Waals surface area contributed by atoms with Gasteiger partial charge in [0.25, 0.3) is 0 Å². The summed E-state index contributed by atoms with van der Waals surface area (Å²) in [5, 5.41) is 0. The molecule has 0 saturated heterocycles. The standard InChI is InChI=1S/C13H21NO2S/c1-4-16-13(15)8-9(2)7-11(14)12-6-5-10(3)17-12/h5-6,9,11H,4,7-8,14H2,1-3H3. The van der Waals surface area contributed by atoms with E-state index in [1.54, 1.807) is 11.3 Å². The maximum Gasteiger partial charge on any atom is 0.306 e. The average Bonchev–Trinajstić information content (AvgIpc) is 2.64. The highest BCUT2D eigenvalue weighted by atomic mass is 32.1. The van der Waals surface area contributed by atoms with Crippen LogP contribution in [0.3, 0.4) is 0 Å². The van der Waals surface area contributed by atoms with Gasteiger partial charge in [-0.25, -0.2) is 0 Å². The third-order valence-corrected chi connectivity index (χ3v) is 3.74. The lowest BCUT2D eigenvalue weighted by molar-refractivity contribution is -0.144. The lowest BCUT2D eigenvalue weighted by Gasteiger charge is -2.15. The van der Waals surface area contributed by atoms with E-state index in [9.17, 15) is 4.79 Å². The zero-order valence-corrected chi connectivity index (χ0v) is 11.5. The molecule has 0 saturated carbocycles. The summed E-state index contributed by atoms with van der Waals surface area (Å²) >= 11 is 1.73. The van der Waals surface area contributed by atoms with Crippen molar-refractivity contribution in [1.29, 1.82) is 0 Å².